The van der Waals surface area contributed by atoms with Crippen molar-refractivity contribution in [1.29, 1.82) is 0 Å². The molecule has 2 aliphatic heterocycles. The number of hydrogen-bond acceptors (Lipinski definition) is 4. The molecule has 28 heavy (non-hydrogen) atoms. The SMILES string of the molecule is CC.CC.CC.CO.Cn1cnc2c1CCCn1nc3c(c1-2)CN(C=O)CC3. The summed E-state index contributed by atoms with van der Waals surface area (Å²) in [5, 5.41) is 11.8. The fourth-order valence-corrected chi connectivity index (χ4v) is 3.31. The van der Waals surface area contributed by atoms with Crippen LogP contribution in [0.3, 0.4) is 0 Å². The van der Waals surface area contributed by atoms with Crippen molar-refractivity contribution >= 4 is 6.41 Å². The van der Waals surface area contributed by atoms with Crippen molar-refractivity contribution in [2.45, 2.75) is 73.9 Å². The third kappa shape index (κ3) is 5.44. The number of hydrogen-bond donors (Lipinski definition) is 1. The summed E-state index contributed by atoms with van der Waals surface area (Å²) in [5.41, 5.74) is 5.77. The molecule has 0 atom stereocenters. The Kier molecular flexibility index (Phi) is 12.9. The number of nitrogens with zero attached hydrogens (tertiary/aromatic N) is 5. The highest BCUT2D eigenvalue weighted by molar-refractivity contribution is 5.65. The lowest BCUT2D eigenvalue weighted by Crippen LogP contribution is -2.29. The van der Waals surface area contributed by atoms with Gasteiger partial charge in [0.1, 0.15) is 5.69 Å². The molecule has 160 valence electrons. The Bertz CT molecular complexity index is 691. The number of fused-ring (bicyclic) bond motifs is 5. The average molecular weight is 394 g/mol. The summed E-state index contributed by atoms with van der Waals surface area (Å²) in [5.74, 6) is 0. The van der Waals surface area contributed by atoms with Gasteiger partial charge in [0.2, 0.25) is 6.41 Å². The number of aromatic nitrogens is 4. The van der Waals surface area contributed by atoms with E-state index in [1.807, 2.05) is 59.8 Å². The van der Waals surface area contributed by atoms with E-state index in [-0.39, 0.29) is 0 Å². The van der Waals surface area contributed by atoms with Crippen LogP contribution in [0, 0.1) is 0 Å². The molecular weight excluding hydrogens is 354 g/mol. The van der Waals surface area contributed by atoms with Crippen LogP contribution in [0.15, 0.2) is 6.33 Å². The molecule has 2 aromatic heterocycles. The van der Waals surface area contributed by atoms with E-state index in [1.165, 1.54) is 11.3 Å². The van der Waals surface area contributed by atoms with Crippen LogP contribution in [-0.2, 0) is 37.8 Å². The number of aliphatic hydroxyl groups excluding tert-OH is 1. The fourth-order valence-electron chi connectivity index (χ4n) is 3.31. The zero-order chi connectivity index (χ0) is 21.7. The molecule has 0 unspecified atom stereocenters. The van der Waals surface area contributed by atoms with E-state index in [4.69, 9.17) is 10.2 Å². The van der Waals surface area contributed by atoms with Gasteiger partial charge in [0, 0.05) is 51.5 Å². The van der Waals surface area contributed by atoms with E-state index in [9.17, 15) is 4.79 Å². The lowest BCUT2D eigenvalue weighted by molar-refractivity contribution is -0.118. The summed E-state index contributed by atoms with van der Waals surface area (Å²) in [7, 11) is 3.04. The lowest BCUT2D eigenvalue weighted by atomic mass is 10.0. The van der Waals surface area contributed by atoms with Gasteiger partial charge in [-0.15, -0.1) is 0 Å². The summed E-state index contributed by atoms with van der Waals surface area (Å²) < 4.78 is 4.20. The first-order valence-electron chi connectivity index (χ1n) is 10.5. The molecular formula is C21H39N5O2. The molecule has 0 fully saturated rings. The Labute approximate surface area is 170 Å². The Hall–Kier alpha value is -2.15. The van der Waals surface area contributed by atoms with E-state index in [2.05, 4.69) is 14.2 Å². The number of amides is 1. The third-order valence-electron chi connectivity index (χ3n) is 4.35. The highest BCUT2D eigenvalue weighted by atomic mass is 16.2. The van der Waals surface area contributed by atoms with Crippen molar-refractivity contribution in [3.63, 3.8) is 0 Å². The van der Waals surface area contributed by atoms with Gasteiger partial charge >= 0.3 is 0 Å². The Morgan fingerprint density at radius 3 is 2.29 bits per heavy atom. The van der Waals surface area contributed by atoms with Crippen molar-refractivity contribution in [2.24, 2.45) is 7.05 Å². The van der Waals surface area contributed by atoms with Crippen LogP contribution >= 0.6 is 0 Å². The predicted octanol–water partition coefficient (Wildman–Crippen LogP) is 3.43. The standard InChI is InChI=1S/C14H17N5O.3C2H6.CH4O/c1-17-8-15-13-12(17)3-2-5-19-14(13)10-7-18(9-20)6-4-11(10)16-19;4*1-2/h8-9H,2-7H2,1H3;3*1-2H3;2H,1H3. The molecule has 0 radical (unpaired) electrons. The summed E-state index contributed by atoms with van der Waals surface area (Å²) in [4.78, 5) is 17.5. The maximum atomic E-state index is 11.1. The van der Waals surface area contributed by atoms with Crippen LogP contribution in [-0.4, -0.2) is 49.4 Å². The molecule has 7 nitrogen and oxygen atoms in total. The highest BCUT2D eigenvalue weighted by Gasteiger charge is 2.29. The van der Waals surface area contributed by atoms with Gasteiger partial charge in [-0.2, -0.15) is 5.10 Å². The van der Waals surface area contributed by atoms with Gasteiger partial charge in [-0.25, -0.2) is 4.98 Å². The van der Waals surface area contributed by atoms with E-state index in [0.29, 0.717) is 6.54 Å². The molecule has 1 amide bonds. The summed E-state index contributed by atoms with van der Waals surface area (Å²) in [6, 6.07) is 0. The van der Waals surface area contributed by atoms with Gasteiger partial charge < -0.3 is 14.6 Å². The maximum absolute atomic E-state index is 11.1. The summed E-state index contributed by atoms with van der Waals surface area (Å²) >= 11 is 0. The first-order chi connectivity index (χ1) is 13.8. The summed E-state index contributed by atoms with van der Waals surface area (Å²) in [6.45, 7) is 14.4. The smallest absolute Gasteiger partial charge is 0.210 e. The Balaban J connectivity index is 0.000000818. The van der Waals surface area contributed by atoms with Crippen molar-refractivity contribution in [1.82, 2.24) is 24.2 Å². The molecule has 0 spiro atoms. The zero-order valence-electron chi connectivity index (χ0n) is 19.0. The molecule has 4 heterocycles. The molecule has 1 N–H and O–H groups in total. The van der Waals surface area contributed by atoms with E-state index < -0.39 is 0 Å². The Morgan fingerprint density at radius 2 is 1.68 bits per heavy atom. The van der Waals surface area contributed by atoms with Gasteiger partial charge in [-0.3, -0.25) is 9.48 Å². The van der Waals surface area contributed by atoms with Crippen LogP contribution in [0.5, 0.6) is 0 Å². The van der Waals surface area contributed by atoms with Crippen LogP contribution in [0.2, 0.25) is 0 Å². The van der Waals surface area contributed by atoms with Gasteiger partial charge in [0.25, 0.3) is 0 Å². The largest absolute Gasteiger partial charge is 0.400 e. The normalized spacial score (nSPS) is 13.1. The van der Waals surface area contributed by atoms with Gasteiger partial charge in [0.15, 0.2) is 0 Å². The number of carbonyl (C=O) groups excluding carboxylic acids is 1. The van der Waals surface area contributed by atoms with Crippen LogP contribution in [0.4, 0.5) is 0 Å². The van der Waals surface area contributed by atoms with Crippen molar-refractivity contribution in [3.8, 4) is 11.4 Å². The Morgan fingerprint density at radius 1 is 1.04 bits per heavy atom. The topological polar surface area (TPSA) is 76.2 Å². The molecule has 0 aromatic carbocycles. The number of carbonyl (C=O) groups is 1. The molecule has 0 saturated heterocycles. The quantitative estimate of drug-likeness (QED) is 0.753. The third-order valence-corrected chi connectivity index (χ3v) is 4.35. The molecule has 0 saturated carbocycles. The first kappa shape index (κ1) is 25.9. The highest BCUT2D eigenvalue weighted by Crippen LogP contribution is 2.33. The minimum atomic E-state index is 0.657. The molecule has 0 aliphatic carbocycles. The maximum Gasteiger partial charge on any atom is 0.210 e. The number of aryl methyl sites for hydroxylation is 2. The van der Waals surface area contributed by atoms with Gasteiger partial charge in [-0.05, 0) is 12.8 Å². The molecule has 0 bridgehead atoms. The second-order valence-corrected chi connectivity index (χ2v) is 5.58. The van der Waals surface area contributed by atoms with Gasteiger partial charge in [-0.1, -0.05) is 41.5 Å². The fraction of sp³-hybridized carbons (Fsp3) is 0.667. The molecule has 2 aliphatic rings. The van der Waals surface area contributed by atoms with Crippen molar-refractivity contribution < 1.29 is 9.90 Å². The monoisotopic (exact) mass is 393 g/mol. The molecule has 7 heteroatoms. The van der Waals surface area contributed by atoms with Crippen molar-refractivity contribution in [2.75, 3.05) is 13.7 Å². The zero-order valence-corrected chi connectivity index (χ0v) is 19.0. The van der Waals surface area contributed by atoms with Crippen LogP contribution in [0.25, 0.3) is 11.4 Å². The van der Waals surface area contributed by atoms with Crippen molar-refractivity contribution in [3.05, 3.63) is 23.3 Å². The minimum Gasteiger partial charge on any atom is -0.400 e. The lowest BCUT2D eigenvalue weighted by Gasteiger charge is -2.22. The summed E-state index contributed by atoms with van der Waals surface area (Å²) in [6.07, 6.45) is 5.76. The second kappa shape index (κ2) is 13.9. The first-order valence-corrected chi connectivity index (χ1v) is 10.5. The number of aliphatic hydroxyl groups is 1. The minimum absolute atomic E-state index is 0.657. The van der Waals surface area contributed by atoms with Crippen LogP contribution in [0.1, 0.15) is 64.9 Å². The van der Waals surface area contributed by atoms with E-state index in [0.717, 1.165) is 63.0 Å². The second-order valence-electron chi connectivity index (χ2n) is 5.58. The predicted molar refractivity (Wildman–Crippen MR) is 115 cm³/mol. The van der Waals surface area contributed by atoms with Gasteiger partial charge in [0.05, 0.1) is 17.7 Å². The van der Waals surface area contributed by atoms with E-state index in [1.54, 1.807) is 0 Å². The number of imidazole rings is 1. The van der Waals surface area contributed by atoms with Crippen LogP contribution < -0.4 is 0 Å². The van der Waals surface area contributed by atoms with E-state index >= 15 is 0 Å². The molecule has 4 rings (SSSR count). The molecule has 2 aromatic rings. The average Bonchev–Trinajstić information content (AvgIpc) is 3.27. The number of rotatable bonds is 1.